The first-order valence-electron chi connectivity index (χ1n) is 5.57. The molecule has 16 heavy (non-hydrogen) atoms. The van der Waals surface area contributed by atoms with Crippen LogP contribution in [-0.2, 0) is 11.2 Å². The quantitative estimate of drug-likeness (QED) is 0.874. The highest BCUT2D eigenvalue weighted by molar-refractivity contribution is 7.07. The second kappa shape index (κ2) is 4.55. The normalized spacial score (nSPS) is 26.1. The minimum atomic E-state index is -0.662. The van der Waals surface area contributed by atoms with Gasteiger partial charge in [-0.3, -0.25) is 4.79 Å². The molecule has 1 unspecified atom stereocenters. The van der Waals surface area contributed by atoms with Gasteiger partial charge in [-0.15, -0.1) is 0 Å². The summed E-state index contributed by atoms with van der Waals surface area (Å²) in [5.74, 6) is -0.662. The molecule has 1 aromatic rings. The molecule has 1 aromatic heterocycles. The van der Waals surface area contributed by atoms with Crippen LogP contribution in [0, 0.1) is 5.41 Å². The third-order valence-corrected chi connectivity index (χ3v) is 4.10. The largest absolute Gasteiger partial charge is 0.481 e. The maximum Gasteiger partial charge on any atom is 0.310 e. The van der Waals surface area contributed by atoms with Crippen LogP contribution in [-0.4, -0.2) is 35.6 Å². The lowest BCUT2D eigenvalue weighted by Crippen LogP contribution is -2.32. The molecular formula is C12H17NO2S. The van der Waals surface area contributed by atoms with Gasteiger partial charge in [-0.25, -0.2) is 0 Å². The Balaban J connectivity index is 1.83. The molecule has 2 rings (SSSR count). The van der Waals surface area contributed by atoms with Crippen LogP contribution < -0.4 is 0 Å². The summed E-state index contributed by atoms with van der Waals surface area (Å²) in [7, 11) is 0. The van der Waals surface area contributed by atoms with Gasteiger partial charge in [-0.2, -0.15) is 11.3 Å². The first-order chi connectivity index (χ1) is 7.60. The number of hydrogen-bond acceptors (Lipinski definition) is 3. The monoisotopic (exact) mass is 239 g/mol. The number of carboxylic acid groups (broad SMARTS) is 1. The summed E-state index contributed by atoms with van der Waals surface area (Å²) in [6.07, 6.45) is 1.80. The van der Waals surface area contributed by atoms with Crippen molar-refractivity contribution < 1.29 is 9.90 Å². The zero-order valence-electron chi connectivity index (χ0n) is 9.48. The molecule has 1 fully saturated rings. The van der Waals surface area contributed by atoms with E-state index < -0.39 is 11.4 Å². The van der Waals surface area contributed by atoms with Gasteiger partial charge in [0, 0.05) is 13.1 Å². The molecule has 0 bridgehead atoms. The van der Waals surface area contributed by atoms with Crippen molar-refractivity contribution in [1.29, 1.82) is 0 Å². The number of carboxylic acids is 1. The van der Waals surface area contributed by atoms with E-state index in [2.05, 4.69) is 21.7 Å². The average Bonchev–Trinajstić information content (AvgIpc) is 2.85. The second-order valence-electron chi connectivity index (χ2n) is 4.77. The molecular weight excluding hydrogens is 222 g/mol. The summed E-state index contributed by atoms with van der Waals surface area (Å²) in [4.78, 5) is 13.3. The molecule has 0 saturated carbocycles. The van der Waals surface area contributed by atoms with Gasteiger partial charge in [-0.05, 0) is 48.7 Å². The van der Waals surface area contributed by atoms with Crippen molar-refractivity contribution in [3.8, 4) is 0 Å². The first-order valence-corrected chi connectivity index (χ1v) is 6.51. The van der Waals surface area contributed by atoms with Crippen LogP contribution in [0.1, 0.15) is 18.9 Å². The summed E-state index contributed by atoms with van der Waals surface area (Å²) in [5.41, 5.74) is 0.822. The van der Waals surface area contributed by atoms with E-state index in [9.17, 15) is 4.79 Å². The summed E-state index contributed by atoms with van der Waals surface area (Å²) < 4.78 is 0. The Bertz CT molecular complexity index is 363. The molecule has 0 amide bonds. The maximum atomic E-state index is 11.1. The van der Waals surface area contributed by atoms with E-state index in [0.717, 1.165) is 25.9 Å². The predicted octanol–water partition coefficient (Wildman–Crippen LogP) is 2.09. The number of hydrogen-bond donors (Lipinski definition) is 1. The van der Waals surface area contributed by atoms with Crippen LogP contribution in [0.2, 0.25) is 0 Å². The molecule has 0 radical (unpaired) electrons. The highest BCUT2D eigenvalue weighted by Crippen LogP contribution is 2.30. The SMILES string of the molecule is CC1(C(=O)O)CCN(CCc2ccsc2)C1. The van der Waals surface area contributed by atoms with Crippen LogP contribution >= 0.6 is 11.3 Å². The van der Waals surface area contributed by atoms with E-state index in [1.54, 1.807) is 11.3 Å². The summed E-state index contributed by atoms with van der Waals surface area (Å²) in [6, 6.07) is 2.14. The molecule has 1 aliphatic rings. The number of thiophene rings is 1. The fourth-order valence-corrected chi connectivity index (χ4v) is 2.85. The Morgan fingerprint density at radius 1 is 1.69 bits per heavy atom. The second-order valence-corrected chi connectivity index (χ2v) is 5.55. The van der Waals surface area contributed by atoms with E-state index >= 15 is 0 Å². The number of rotatable bonds is 4. The van der Waals surface area contributed by atoms with Crippen molar-refractivity contribution in [2.45, 2.75) is 19.8 Å². The molecule has 1 saturated heterocycles. The van der Waals surface area contributed by atoms with Gasteiger partial charge in [0.1, 0.15) is 0 Å². The molecule has 88 valence electrons. The lowest BCUT2D eigenvalue weighted by Gasteiger charge is -2.19. The highest BCUT2D eigenvalue weighted by atomic mass is 32.1. The van der Waals surface area contributed by atoms with Gasteiger partial charge in [0.05, 0.1) is 5.41 Å². The number of nitrogens with zero attached hydrogens (tertiary/aromatic N) is 1. The van der Waals surface area contributed by atoms with Crippen molar-refractivity contribution in [3.05, 3.63) is 22.4 Å². The molecule has 2 heterocycles. The summed E-state index contributed by atoms with van der Waals surface area (Å²) in [5, 5.41) is 13.4. The van der Waals surface area contributed by atoms with Crippen LogP contribution in [0.15, 0.2) is 16.8 Å². The van der Waals surface area contributed by atoms with E-state index in [0.29, 0.717) is 6.54 Å². The molecule has 1 aliphatic heterocycles. The topological polar surface area (TPSA) is 40.5 Å². The van der Waals surface area contributed by atoms with Crippen LogP contribution in [0.3, 0.4) is 0 Å². The zero-order valence-corrected chi connectivity index (χ0v) is 10.3. The number of aliphatic carboxylic acids is 1. The molecule has 4 heteroatoms. The third kappa shape index (κ3) is 2.44. The van der Waals surface area contributed by atoms with Crippen molar-refractivity contribution >= 4 is 17.3 Å². The third-order valence-electron chi connectivity index (χ3n) is 3.37. The van der Waals surface area contributed by atoms with Crippen molar-refractivity contribution in [2.24, 2.45) is 5.41 Å². The highest BCUT2D eigenvalue weighted by Gasteiger charge is 2.39. The molecule has 0 spiro atoms. The molecule has 0 aliphatic carbocycles. The van der Waals surface area contributed by atoms with Gasteiger partial charge < -0.3 is 10.0 Å². The Labute approximate surface area is 99.7 Å². The average molecular weight is 239 g/mol. The minimum absolute atomic E-state index is 0.533. The van der Waals surface area contributed by atoms with E-state index in [1.165, 1.54) is 5.56 Å². The van der Waals surface area contributed by atoms with Crippen molar-refractivity contribution in [2.75, 3.05) is 19.6 Å². The lowest BCUT2D eigenvalue weighted by molar-refractivity contribution is -0.147. The van der Waals surface area contributed by atoms with Gasteiger partial charge in [0.15, 0.2) is 0 Å². The number of likely N-dealkylation sites (tertiary alicyclic amines) is 1. The Hall–Kier alpha value is -0.870. The molecule has 0 aromatic carbocycles. The van der Waals surface area contributed by atoms with Crippen LogP contribution in [0.4, 0.5) is 0 Å². The lowest BCUT2D eigenvalue weighted by atomic mass is 9.90. The van der Waals surface area contributed by atoms with Gasteiger partial charge in [-0.1, -0.05) is 0 Å². The first kappa shape index (κ1) is 11.6. The Kier molecular flexibility index (Phi) is 3.30. The van der Waals surface area contributed by atoms with E-state index in [-0.39, 0.29) is 0 Å². The summed E-state index contributed by atoms with van der Waals surface area (Å²) in [6.45, 7) is 4.42. The van der Waals surface area contributed by atoms with Gasteiger partial charge in [0.2, 0.25) is 0 Å². The minimum Gasteiger partial charge on any atom is -0.481 e. The van der Waals surface area contributed by atoms with Crippen LogP contribution in [0.25, 0.3) is 0 Å². The van der Waals surface area contributed by atoms with Gasteiger partial charge in [0.25, 0.3) is 0 Å². The molecule has 3 nitrogen and oxygen atoms in total. The zero-order chi connectivity index (χ0) is 11.6. The smallest absolute Gasteiger partial charge is 0.310 e. The molecule has 1 atom stereocenters. The number of carbonyl (C=O) groups is 1. The van der Waals surface area contributed by atoms with E-state index in [1.807, 2.05) is 6.92 Å². The predicted molar refractivity (Wildman–Crippen MR) is 64.8 cm³/mol. The molecule has 1 N–H and O–H groups in total. The Morgan fingerprint density at radius 2 is 2.50 bits per heavy atom. The van der Waals surface area contributed by atoms with Gasteiger partial charge >= 0.3 is 5.97 Å². The van der Waals surface area contributed by atoms with Crippen LogP contribution in [0.5, 0.6) is 0 Å². The fourth-order valence-electron chi connectivity index (χ4n) is 2.14. The standard InChI is InChI=1S/C12H17NO2S/c1-12(11(14)15)4-6-13(9-12)5-2-10-3-7-16-8-10/h3,7-8H,2,4-6,9H2,1H3,(H,14,15). The maximum absolute atomic E-state index is 11.1. The Morgan fingerprint density at radius 3 is 3.06 bits per heavy atom. The van der Waals surface area contributed by atoms with E-state index in [4.69, 9.17) is 5.11 Å². The van der Waals surface area contributed by atoms with Crippen molar-refractivity contribution in [3.63, 3.8) is 0 Å². The van der Waals surface area contributed by atoms with Crippen molar-refractivity contribution in [1.82, 2.24) is 4.90 Å². The summed E-state index contributed by atoms with van der Waals surface area (Å²) >= 11 is 1.71. The fraction of sp³-hybridized carbons (Fsp3) is 0.583.